The maximum atomic E-state index is 12.2. The number of nitro benzene ring substituents is 1. The number of hydrazone groups is 1. The standard InChI is InChI=1S/C20H16N4O5/c1-28-19-12-14(13-22-23-16-4-2-3-5-17(16)24(26)27)6-7-18(19)29-20(25)15-8-10-21-11-9-15/h2-13,23H,1H3/b22-13-. The van der Waals surface area contributed by atoms with Crippen LogP contribution in [-0.4, -0.2) is 29.2 Å². The number of para-hydroxylation sites is 2. The minimum atomic E-state index is -0.537. The van der Waals surface area contributed by atoms with Crippen molar-refractivity contribution in [3.8, 4) is 11.5 Å². The highest BCUT2D eigenvalue weighted by Gasteiger charge is 2.13. The number of methoxy groups -OCH3 is 1. The second kappa shape index (κ2) is 9.09. The van der Waals surface area contributed by atoms with Crippen LogP contribution in [-0.2, 0) is 0 Å². The van der Waals surface area contributed by atoms with Crippen LogP contribution in [0.15, 0.2) is 72.1 Å². The number of ether oxygens (including phenoxy) is 2. The van der Waals surface area contributed by atoms with Crippen molar-refractivity contribution in [1.82, 2.24) is 4.98 Å². The molecule has 29 heavy (non-hydrogen) atoms. The third-order valence-corrected chi connectivity index (χ3v) is 3.81. The summed E-state index contributed by atoms with van der Waals surface area (Å²) >= 11 is 0. The van der Waals surface area contributed by atoms with Gasteiger partial charge in [0, 0.05) is 18.5 Å². The summed E-state index contributed by atoms with van der Waals surface area (Å²) in [5.41, 5.74) is 3.83. The predicted octanol–water partition coefficient (Wildman–Crippen LogP) is 3.66. The normalized spacial score (nSPS) is 10.5. The molecule has 0 fully saturated rings. The fourth-order valence-electron chi connectivity index (χ4n) is 2.40. The molecule has 146 valence electrons. The molecule has 0 spiro atoms. The van der Waals surface area contributed by atoms with Crippen molar-refractivity contribution in [3.05, 3.63) is 88.2 Å². The molecular formula is C20H16N4O5. The lowest BCUT2D eigenvalue weighted by molar-refractivity contribution is -0.384. The number of nitro groups is 1. The molecule has 0 bridgehead atoms. The second-order valence-electron chi connectivity index (χ2n) is 5.68. The molecule has 0 aliphatic rings. The molecule has 9 nitrogen and oxygen atoms in total. The Kier molecular flexibility index (Phi) is 6.11. The van der Waals surface area contributed by atoms with Gasteiger partial charge >= 0.3 is 5.97 Å². The lowest BCUT2D eigenvalue weighted by Crippen LogP contribution is -2.09. The van der Waals surface area contributed by atoms with E-state index >= 15 is 0 Å². The van der Waals surface area contributed by atoms with E-state index in [1.807, 2.05) is 0 Å². The van der Waals surface area contributed by atoms with Gasteiger partial charge in [-0.15, -0.1) is 0 Å². The van der Waals surface area contributed by atoms with Crippen molar-refractivity contribution in [2.45, 2.75) is 0 Å². The summed E-state index contributed by atoms with van der Waals surface area (Å²) in [5.74, 6) is 0.0466. The molecule has 0 radical (unpaired) electrons. The fraction of sp³-hybridized carbons (Fsp3) is 0.0500. The SMILES string of the molecule is COc1cc(/C=N\Nc2ccccc2[N+](=O)[O-])ccc1OC(=O)c1ccncc1. The molecule has 9 heteroatoms. The molecule has 0 saturated heterocycles. The van der Waals surface area contributed by atoms with E-state index in [2.05, 4.69) is 15.5 Å². The highest BCUT2D eigenvalue weighted by Crippen LogP contribution is 2.28. The predicted molar refractivity (Wildman–Crippen MR) is 107 cm³/mol. The van der Waals surface area contributed by atoms with Crippen LogP contribution in [0.3, 0.4) is 0 Å². The summed E-state index contributed by atoms with van der Waals surface area (Å²) in [4.78, 5) is 26.6. The van der Waals surface area contributed by atoms with Crippen LogP contribution < -0.4 is 14.9 Å². The zero-order chi connectivity index (χ0) is 20.6. The van der Waals surface area contributed by atoms with Crippen LogP contribution in [0.4, 0.5) is 11.4 Å². The monoisotopic (exact) mass is 392 g/mol. The first-order valence-electron chi connectivity index (χ1n) is 8.41. The summed E-state index contributed by atoms with van der Waals surface area (Å²) in [7, 11) is 1.45. The number of hydrogen-bond acceptors (Lipinski definition) is 8. The Labute approximate surface area is 165 Å². The van der Waals surface area contributed by atoms with E-state index in [0.29, 0.717) is 16.9 Å². The van der Waals surface area contributed by atoms with E-state index in [1.165, 1.54) is 31.8 Å². The average molecular weight is 392 g/mol. The van der Waals surface area contributed by atoms with Crippen molar-refractivity contribution >= 4 is 23.6 Å². The van der Waals surface area contributed by atoms with Crippen LogP contribution in [0.1, 0.15) is 15.9 Å². The number of nitrogens with one attached hydrogen (secondary N) is 1. The zero-order valence-electron chi connectivity index (χ0n) is 15.3. The Morgan fingerprint density at radius 2 is 1.90 bits per heavy atom. The molecular weight excluding hydrogens is 376 g/mol. The average Bonchev–Trinajstić information content (AvgIpc) is 2.75. The van der Waals surface area contributed by atoms with Gasteiger partial charge < -0.3 is 9.47 Å². The van der Waals surface area contributed by atoms with Gasteiger partial charge in [-0.2, -0.15) is 5.10 Å². The Bertz CT molecular complexity index is 1050. The van der Waals surface area contributed by atoms with Crippen molar-refractivity contribution in [3.63, 3.8) is 0 Å². The molecule has 0 saturated carbocycles. The van der Waals surface area contributed by atoms with Crippen LogP contribution >= 0.6 is 0 Å². The Hall–Kier alpha value is -4.27. The summed E-state index contributed by atoms with van der Waals surface area (Å²) in [5, 5.41) is 15.0. The van der Waals surface area contributed by atoms with Crippen molar-refractivity contribution in [2.24, 2.45) is 5.10 Å². The highest BCUT2D eigenvalue weighted by molar-refractivity contribution is 5.91. The number of benzene rings is 2. The first kappa shape index (κ1) is 19.5. The summed E-state index contributed by atoms with van der Waals surface area (Å²) in [6.45, 7) is 0. The Morgan fingerprint density at radius 1 is 1.14 bits per heavy atom. The molecule has 3 aromatic rings. The highest BCUT2D eigenvalue weighted by atomic mass is 16.6. The number of carbonyl (C=O) groups is 1. The molecule has 1 aromatic heterocycles. The summed E-state index contributed by atoms with van der Waals surface area (Å²) < 4.78 is 10.6. The molecule has 3 rings (SSSR count). The number of hydrogen-bond donors (Lipinski definition) is 1. The maximum Gasteiger partial charge on any atom is 0.343 e. The lowest BCUT2D eigenvalue weighted by atomic mass is 10.2. The van der Waals surface area contributed by atoms with Crippen LogP contribution in [0.2, 0.25) is 0 Å². The smallest absolute Gasteiger partial charge is 0.343 e. The quantitative estimate of drug-likeness (QED) is 0.214. The topological polar surface area (TPSA) is 116 Å². The number of anilines is 1. The number of rotatable bonds is 7. The molecule has 1 heterocycles. The summed E-state index contributed by atoms with van der Waals surface area (Å²) in [6.07, 6.45) is 4.46. The van der Waals surface area contributed by atoms with E-state index in [9.17, 15) is 14.9 Å². The zero-order valence-corrected chi connectivity index (χ0v) is 15.3. The number of carbonyl (C=O) groups excluding carboxylic acids is 1. The Morgan fingerprint density at radius 3 is 2.62 bits per heavy atom. The van der Waals surface area contributed by atoms with E-state index < -0.39 is 10.9 Å². The van der Waals surface area contributed by atoms with Gasteiger partial charge in [0.05, 0.1) is 23.8 Å². The maximum absolute atomic E-state index is 12.2. The van der Waals surface area contributed by atoms with Gasteiger partial charge in [-0.3, -0.25) is 20.5 Å². The molecule has 0 unspecified atom stereocenters. The number of aromatic nitrogens is 1. The van der Waals surface area contributed by atoms with E-state index in [4.69, 9.17) is 9.47 Å². The first-order valence-corrected chi connectivity index (χ1v) is 8.41. The van der Waals surface area contributed by atoms with E-state index in [0.717, 1.165) is 0 Å². The first-order chi connectivity index (χ1) is 14.1. The van der Waals surface area contributed by atoms with Gasteiger partial charge in [0.2, 0.25) is 0 Å². The Balaban J connectivity index is 1.73. The minimum absolute atomic E-state index is 0.0828. The summed E-state index contributed by atoms with van der Waals surface area (Å²) in [6, 6.07) is 14.1. The molecule has 1 N–H and O–H groups in total. The van der Waals surface area contributed by atoms with E-state index in [-0.39, 0.29) is 17.1 Å². The van der Waals surface area contributed by atoms with Crippen molar-refractivity contribution in [2.75, 3.05) is 12.5 Å². The van der Waals surface area contributed by atoms with E-state index in [1.54, 1.807) is 48.5 Å². The van der Waals surface area contributed by atoms with Crippen molar-refractivity contribution < 1.29 is 19.2 Å². The van der Waals surface area contributed by atoms with Gasteiger partial charge in [-0.25, -0.2) is 4.79 Å². The lowest BCUT2D eigenvalue weighted by Gasteiger charge is -2.10. The third-order valence-electron chi connectivity index (χ3n) is 3.81. The minimum Gasteiger partial charge on any atom is -0.493 e. The van der Waals surface area contributed by atoms with Gasteiger partial charge in [-0.1, -0.05) is 12.1 Å². The van der Waals surface area contributed by atoms with Crippen molar-refractivity contribution in [1.29, 1.82) is 0 Å². The molecule has 0 aliphatic carbocycles. The molecule has 2 aromatic carbocycles. The fourth-order valence-corrected chi connectivity index (χ4v) is 2.40. The number of esters is 1. The van der Waals surface area contributed by atoms with Crippen LogP contribution in [0, 0.1) is 10.1 Å². The van der Waals surface area contributed by atoms with Gasteiger partial charge in [-0.05, 0) is 42.0 Å². The van der Waals surface area contributed by atoms with Gasteiger partial charge in [0.25, 0.3) is 5.69 Å². The second-order valence-corrected chi connectivity index (χ2v) is 5.68. The number of pyridine rings is 1. The third kappa shape index (κ3) is 4.92. The van der Waals surface area contributed by atoms with Crippen LogP contribution in [0.25, 0.3) is 0 Å². The van der Waals surface area contributed by atoms with Gasteiger partial charge in [0.1, 0.15) is 5.69 Å². The van der Waals surface area contributed by atoms with Crippen LogP contribution in [0.5, 0.6) is 11.5 Å². The van der Waals surface area contributed by atoms with Gasteiger partial charge in [0.15, 0.2) is 11.5 Å². The molecule has 0 amide bonds. The largest absolute Gasteiger partial charge is 0.493 e. The molecule has 0 aliphatic heterocycles. The molecule has 0 atom stereocenters. The number of nitrogens with zero attached hydrogens (tertiary/aromatic N) is 3.